The van der Waals surface area contributed by atoms with Crippen LogP contribution in [0, 0.1) is 7.14 Å². The lowest BCUT2D eigenvalue weighted by molar-refractivity contribution is 0.254. The van der Waals surface area contributed by atoms with Crippen LogP contribution in [0.3, 0.4) is 0 Å². The van der Waals surface area contributed by atoms with Crippen molar-refractivity contribution in [2.75, 3.05) is 12.4 Å². The van der Waals surface area contributed by atoms with Gasteiger partial charge in [-0.25, -0.2) is 4.79 Å². The molecule has 0 unspecified atom stereocenters. The summed E-state index contributed by atoms with van der Waals surface area (Å²) in [5.74, 6) is 0. The minimum absolute atomic E-state index is 0.196. The predicted octanol–water partition coefficient (Wildman–Crippen LogP) is 2.65. The molecule has 0 aromatic heterocycles. The molecule has 70 valence electrons. The average Bonchev–Trinajstić information content (AvgIpc) is 2.02. The summed E-state index contributed by atoms with van der Waals surface area (Å²) in [6.45, 7) is 0. The topological polar surface area (TPSA) is 41.1 Å². The van der Waals surface area contributed by atoms with E-state index in [4.69, 9.17) is 0 Å². The molecule has 0 spiro atoms. The van der Waals surface area contributed by atoms with Crippen LogP contribution in [0.4, 0.5) is 10.5 Å². The van der Waals surface area contributed by atoms with Crippen molar-refractivity contribution >= 4 is 56.9 Å². The first kappa shape index (κ1) is 11.0. The fraction of sp³-hybridized carbons (Fsp3) is 0.125. The smallest absolute Gasteiger partial charge is 0.318 e. The number of urea groups is 1. The third-order valence-electron chi connectivity index (χ3n) is 1.35. The maximum absolute atomic E-state index is 11.0. The molecule has 2 N–H and O–H groups in total. The van der Waals surface area contributed by atoms with E-state index in [2.05, 4.69) is 55.8 Å². The number of carbonyl (C=O) groups is 1. The van der Waals surface area contributed by atoms with Crippen LogP contribution in [0.25, 0.3) is 0 Å². The molecular formula is C8H8I2N2O. The van der Waals surface area contributed by atoms with Crippen LogP contribution in [-0.2, 0) is 0 Å². The Labute approximate surface area is 104 Å². The summed E-state index contributed by atoms with van der Waals surface area (Å²) in [7, 11) is 1.59. The zero-order valence-electron chi connectivity index (χ0n) is 6.90. The highest BCUT2D eigenvalue weighted by Crippen LogP contribution is 2.17. The number of hydrogen-bond donors (Lipinski definition) is 2. The molecule has 0 aliphatic heterocycles. The van der Waals surface area contributed by atoms with E-state index < -0.39 is 0 Å². The van der Waals surface area contributed by atoms with Gasteiger partial charge in [0.2, 0.25) is 0 Å². The Morgan fingerprint density at radius 2 is 1.77 bits per heavy atom. The van der Waals surface area contributed by atoms with Gasteiger partial charge in [0.25, 0.3) is 0 Å². The zero-order chi connectivity index (χ0) is 9.84. The third kappa shape index (κ3) is 3.67. The van der Waals surface area contributed by atoms with Gasteiger partial charge in [0, 0.05) is 19.9 Å². The summed E-state index contributed by atoms with van der Waals surface area (Å²) in [5.41, 5.74) is 0.815. The molecule has 0 atom stereocenters. The maximum Gasteiger partial charge on any atom is 0.318 e. The van der Waals surface area contributed by atoms with E-state index in [1.54, 1.807) is 7.05 Å². The van der Waals surface area contributed by atoms with E-state index in [0.29, 0.717) is 0 Å². The second kappa shape index (κ2) is 4.99. The van der Waals surface area contributed by atoms with Crippen LogP contribution in [0.1, 0.15) is 0 Å². The number of rotatable bonds is 1. The maximum atomic E-state index is 11.0. The van der Waals surface area contributed by atoms with Crippen molar-refractivity contribution in [3.63, 3.8) is 0 Å². The Balaban J connectivity index is 2.83. The number of halogens is 2. The van der Waals surface area contributed by atoms with E-state index in [1.165, 1.54) is 0 Å². The molecule has 0 saturated heterocycles. The first-order valence-electron chi connectivity index (χ1n) is 3.56. The summed E-state index contributed by atoms with van der Waals surface area (Å²) in [6, 6.07) is 5.67. The van der Waals surface area contributed by atoms with Crippen LogP contribution in [-0.4, -0.2) is 13.1 Å². The number of anilines is 1. The molecular weight excluding hydrogens is 394 g/mol. The first-order valence-corrected chi connectivity index (χ1v) is 5.72. The van der Waals surface area contributed by atoms with Gasteiger partial charge < -0.3 is 10.6 Å². The lowest BCUT2D eigenvalue weighted by Gasteiger charge is -2.05. The minimum atomic E-state index is -0.196. The largest absolute Gasteiger partial charge is 0.341 e. The molecule has 2 amide bonds. The number of carbonyl (C=O) groups excluding carboxylic acids is 1. The Kier molecular flexibility index (Phi) is 4.23. The van der Waals surface area contributed by atoms with Crippen molar-refractivity contribution < 1.29 is 4.79 Å². The van der Waals surface area contributed by atoms with Crippen molar-refractivity contribution in [3.05, 3.63) is 25.3 Å². The monoisotopic (exact) mass is 402 g/mol. The van der Waals surface area contributed by atoms with E-state index >= 15 is 0 Å². The molecule has 5 heteroatoms. The van der Waals surface area contributed by atoms with E-state index in [9.17, 15) is 4.79 Å². The van der Waals surface area contributed by atoms with Crippen LogP contribution >= 0.6 is 45.2 Å². The van der Waals surface area contributed by atoms with Gasteiger partial charge in [0.1, 0.15) is 0 Å². The van der Waals surface area contributed by atoms with Gasteiger partial charge >= 0.3 is 6.03 Å². The highest BCUT2D eigenvalue weighted by atomic mass is 127. The van der Waals surface area contributed by atoms with Crippen molar-refractivity contribution in [2.45, 2.75) is 0 Å². The number of amides is 2. The fourth-order valence-corrected chi connectivity index (χ4v) is 2.76. The molecule has 1 aromatic carbocycles. The van der Waals surface area contributed by atoms with E-state index in [0.717, 1.165) is 12.8 Å². The summed E-state index contributed by atoms with van der Waals surface area (Å²) in [4.78, 5) is 11.0. The average molecular weight is 402 g/mol. The molecule has 1 rings (SSSR count). The molecule has 0 bridgehead atoms. The zero-order valence-corrected chi connectivity index (χ0v) is 11.2. The van der Waals surface area contributed by atoms with Gasteiger partial charge in [-0.3, -0.25) is 0 Å². The van der Waals surface area contributed by atoms with E-state index in [1.807, 2.05) is 18.2 Å². The number of nitrogens with one attached hydrogen (secondary N) is 2. The standard InChI is InChI=1S/C8H8I2N2O/c1-11-8(13)12-7-3-5(9)2-6(10)4-7/h2-4H,1H3,(H2,11,12,13). The van der Waals surface area contributed by atoms with Crippen molar-refractivity contribution in [1.82, 2.24) is 5.32 Å². The Bertz CT molecular complexity index is 308. The first-order chi connectivity index (χ1) is 6.11. The van der Waals surface area contributed by atoms with Gasteiger partial charge in [-0.15, -0.1) is 0 Å². The second-order valence-electron chi connectivity index (χ2n) is 2.36. The molecule has 0 aliphatic rings. The summed E-state index contributed by atoms with van der Waals surface area (Å²) in [6.07, 6.45) is 0. The molecule has 0 aliphatic carbocycles. The van der Waals surface area contributed by atoms with Gasteiger partial charge in [-0.05, 0) is 63.4 Å². The van der Waals surface area contributed by atoms with Crippen molar-refractivity contribution in [1.29, 1.82) is 0 Å². The Hall–Kier alpha value is -0.0500. The normalized spacial score (nSPS) is 9.46. The summed E-state index contributed by atoms with van der Waals surface area (Å²) >= 11 is 4.43. The van der Waals surface area contributed by atoms with Crippen LogP contribution in [0.5, 0.6) is 0 Å². The highest BCUT2D eigenvalue weighted by molar-refractivity contribution is 14.1. The predicted molar refractivity (Wildman–Crippen MR) is 70.0 cm³/mol. The fourth-order valence-electron chi connectivity index (χ4n) is 0.820. The van der Waals surface area contributed by atoms with Crippen molar-refractivity contribution in [2.24, 2.45) is 0 Å². The molecule has 1 aromatic rings. The van der Waals surface area contributed by atoms with Crippen LogP contribution < -0.4 is 10.6 Å². The lowest BCUT2D eigenvalue weighted by atomic mass is 10.3. The summed E-state index contributed by atoms with van der Waals surface area (Å²) in [5, 5.41) is 5.21. The molecule has 13 heavy (non-hydrogen) atoms. The van der Waals surface area contributed by atoms with Gasteiger partial charge in [0.05, 0.1) is 0 Å². The van der Waals surface area contributed by atoms with Crippen molar-refractivity contribution in [3.8, 4) is 0 Å². The molecule has 0 heterocycles. The van der Waals surface area contributed by atoms with Gasteiger partial charge in [0.15, 0.2) is 0 Å². The summed E-state index contributed by atoms with van der Waals surface area (Å²) < 4.78 is 2.21. The molecule has 0 saturated carbocycles. The number of hydrogen-bond acceptors (Lipinski definition) is 1. The Morgan fingerprint density at radius 1 is 1.23 bits per heavy atom. The quantitative estimate of drug-likeness (QED) is 0.698. The Morgan fingerprint density at radius 3 is 2.23 bits per heavy atom. The van der Waals surface area contributed by atoms with Crippen LogP contribution in [0.15, 0.2) is 18.2 Å². The second-order valence-corrected chi connectivity index (χ2v) is 4.85. The highest BCUT2D eigenvalue weighted by Gasteiger charge is 2.00. The van der Waals surface area contributed by atoms with Gasteiger partial charge in [-0.2, -0.15) is 0 Å². The molecule has 0 radical (unpaired) electrons. The molecule has 3 nitrogen and oxygen atoms in total. The lowest BCUT2D eigenvalue weighted by Crippen LogP contribution is -2.24. The van der Waals surface area contributed by atoms with E-state index in [-0.39, 0.29) is 6.03 Å². The van der Waals surface area contributed by atoms with Crippen LogP contribution in [0.2, 0.25) is 0 Å². The minimum Gasteiger partial charge on any atom is -0.341 e. The SMILES string of the molecule is CNC(=O)Nc1cc(I)cc(I)c1. The third-order valence-corrected chi connectivity index (χ3v) is 2.59. The molecule has 0 fully saturated rings. The van der Waals surface area contributed by atoms with Gasteiger partial charge in [-0.1, -0.05) is 0 Å². The number of benzene rings is 1.